The van der Waals surface area contributed by atoms with E-state index in [2.05, 4.69) is 20.7 Å². The second-order valence-electron chi connectivity index (χ2n) is 3.42. The van der Waals surface area contributed by atoms with Gasteiger partial charge < -0.3 is 14.3 Å². The minimum atomic E-state index is -0.432. The molecule has 0 bridgehead atoms. The highest BCUT2D eigenvalue weighted by Crippen LogP contribution is 2.26. The number of ether oxygens (including phenoxy) is 2. The van der Waals surface area contributed by atoms with Crippen molar-refractivity contribution in [2.75, 3.05) is 13.7 Å². The number of benzene rings is 1. The Labute approximate surface area is 108 Å². The molecular formula is C12H13BrO4. The van der Waals surface area contributed by atoms with Crippen LogP contribution in [0.15, 0.2) is 18.2 Å². The summed E-state index contributed by atoms with van der Waals surface area (Å²) in [5, 5.41) is 0. The van der Waals surface area contributed by atoms with Crippen LogP contribution in [0, 0.1) is 6.92 Å². The van der Waals surface area contributed by atoms with Crippen LogP contribution < -0.4 is 4.74 Å². The third kappa shape index (κ3) is 3.85. The highest BCUT2D eigenvalue weighted by atomic mass is 79.9. The van der Waals surface area contributed by atoms with Crippen molar-refractivity contribution >= 4 is 28.2 Å². The van der Waals surface area contributed by atoms with E-state index in [1.807, 2.05) is 6.92 Å². The standard InChI is InChI=1S/C12H13BrO4/c1-8-5-9(17-7-12(15)16-2)3-4-10(8)11(13)6-14/h3-6,11H,7H2,1-2H3. The van der Waals surface area contributed by atoms with Crippen molar-refractivity contribution in [3.63, 3.8) is 0 Å². The molecule has 0 saturated carbocycles. The van der Waals surface area contributed by atoms with Crippen molar-refractivity contribution in [1.29, 1.82) is 0 Å². The largest absolute Gasteiger partial charge is 0.482 e. The van der Waals surface area contributed by atoms with Gasteiger partial charge in [0.15, 0.2) is 6.61 Å². The van der Waals surface area contributed by atoms with E-state index in [0.717, 1.165) is 17.4 Å². The molecule has 0 aliphatic rings. The molecule has 0 aromatic heterocycles. The normalized spacial score (nSPS) is 11.7. The van der Waals surface area contributed by atoms with Crippen molar-refractivity contribution in [2.24, 2.45) is 0 Å². The van der Waals surface area contributed by atoms with Crippen LogP contribution in [-0.2, 0) is 14.3 Å². The van der Waals surface area contributed by atoms with Crippen LogP contribution >= 0.6 is 15.9 Å². The SMILES string of the molecule is COC(=O)COc1ccc(C(Br)C=O)c(C)c1. The number of carbonyl (C=O) groups is 2. The van der Waals surface area contributed by atoms with E-state index in [1.165, 1.54) is 7.11 Å². The lowest BCUT2D eigenvalue weighted by molar-refractivity contribution is -0.142. The van der Waals surface area contributed by atoms with Gasteiger partial charge in [-0.05, 0) is 30.2 Å². The molecule has 0 radical (unpaired) electrons. The van der Waals surface area contributed by atoms with Crippen LogP contribution in [0.5, 0.6) is 5.75 Å². The quantitative estimate of drug-likeness (QED) is 0.475. The molecule has 17 heavy (non-hydrogen) atoms. The first-order chi connectivity index (χ1) is 8.08. The maximum atomic E-state index is 10.9. The van der Waals surface area contributed by atoms with Gasteiger partial charge in [0.05, 0.1) is 11.9 Å². The molecule has 1 aromatic carbocycles. The Morgan fingerprint density at radius 1 is 1.53 bits per heavy atom. The number of esters is 1. The lowest BCUT2D eigenvalue weighted by atomic mass is 10.1. The third-order valence-electron chi connectivity index (χ3n) is 2.24. The molecule has 0 spiro atoms. The molecule has 0 aliphatic heterocycles. The Morgan fingerprint density at radius 2 is 2.24 bits per heavy atom. The summed E-state index contributed by atoms with van der Waals surface area (Å²) in [6.45, 7) is 1.75. The van der Waals surface area contributed by atoms with Gasteiger partial charge in [0.1, 0.15) is 12.0 Å². The van der Waals surface area contributed by atoms with Crippen molar-refractivity contribution < 1.29 is 19.1 Å². The first-order valence-electron chi connectivity index (χ1n) is 4.98. The Bertz CT molecular complexity index is 417. The Kier molecular flexibility index (Phi) is 5.15. The van der Waals surface area contributed by atoms with Gasteiger partial charge in [-0.2, -0.15) is 0 Å². The van der Waals surface area contributed by atoms with Gasteiger partial charge in [0, 0.05) is 0 Å². The summed E-state index contributed by atoms with van der Waals surface area (Å²) in [6.07, 6.45) is 0.817. The average Bonchev–Trinajstić information content (AvgIpc) is 2.35. The molecule has 0 amide bonds. The van der Waals surface area contributed by atoms with Crippen molar-refractivity contribution in [3.05, 3.63) is 29.3 Å². The average molecular weight is 301 g/mol. The van der Waals surface area contributed by atoms with Crippen molar-refractivity contribution in [2.45, 2.75) is 11.8 Å². The number of hydrogen-bond donors (Lipinski definition) is 0. The summed E-state index contributed by atoms with van der Waals surface area (Å²) in [5.74, 6) is 0.139. The zero-order valence-corrected chi connectivity index (χ0v) is 11.2. The number of aldehydes is 1. The molecule has 5 heteroatoms. The fourth-order valence-corrected chi connectivity index (χ4v) is 1.84. The Hall–Kier alpha value is -1.36. The van der Waals surface area contributed by atoms with E-state index >= 15 is 0 Å². The van der Waals surface area contributed by atoms with E-state index in [0.29, 0.717) is 5.75 Å². The molecule has 92 valence electrons. The first kappa shape index (κ1) is 13.7. The molecule has 0 saturated heterocycles. The topological polar surface area (TPSA) is 52.6 Å². The monoisotopic (exact) mass is 300 g/mol. The highest BCUT2D eigenvalue weighted by Gasteiger charge is 2.10. The van der Waals surface area contributed by atoms with Gasteiger partial charge in [-0.15, -0.1) is 0 Å². The molecule has 1 atom stereocenters. The maximum absolute atomic E-state index is 10.9. The summed E-state index contributed by atoms with van der Waals surface area (Å²) in [5.41, 5.74) is 1.80. The second kappa shape index (κ2) is 6.39. The molecular weight excluding hydrogens is 288 g/mol. The summed E-state index contributed by atoms with van der Waals surface area (Å²) < 4.78 is 9.69. The minimum Gasteiger partial charge on any atom is -0.482 e. The number of aryl methyl sites for hydroxylation is 1. The van der Waals surface area contributed by atoms with Gasteiger partial charge in [-0.3, -0.25) is 0 Å². The van der Waals surface area contributed by atoms with E-state index in [9.17, 15) is 9.59 Å². The molecule has 0 fully saturated rings. The highest BCUT2D eigenvalue weighted by molar-refractivity contribution is 9.09. The van der Waals surface area contributed by atoms with Crippen LogP contribution in [0.2, 0.25) is 0 Å². The van der Waals surface area contributed by atoms with Crippen LogP contribution in [0.25, 0.3) is 0 Å². The van der Waals surface area contributed by atoms with Gasteiger partial charge >= 0.3 is 5.97 Å². The van der Waals surface area contributed by atoms with E-state index in [-0.39, 0.29) is 11.4 Å². The van der Waals surface area contributed by atoms with Gasteiger partial charge in [0.2, 0.25) is 0 Å². The fraction of sp³-hybridized carbons (Fsp3) is 0.333. The number of hydrogen-bond acceptors (Lipinski definition) is 4. The first-order valence-corrected chi connectivity index (χ1v) is 5.89. The number of rotatable bonds is 5. The van der Waals surface area contributed by atoms with Gasteiger partial charge in [-0.1, -0.05) is 22.0 Å². The van der Waals surface area contributed by atoms with E-state index in [4.69, 9.17) is 4.74 Å². The van der Waals surface area contributed by atoms with Gasteiger partial charge in [-0.25, -0.2) is 4.79 Å². The summed E-state index contributed by atoms with van der Waals surface area (Å²) >= 11 is 3.25. The van der Waals surface area contributed by atoms with E-state index < -0.39 is 5.97 Å². The van der Waals surface area contributed by atoms with Gasteiger partial charge in [0.25, 0.3) is 0 Å². The zero-order valence-electron chi connectivity index (χ0n) is 9.60. The fourth-order valence-electron chi connectivity index (χ4n) is 1.32. The number of carbonyl (C=O) groups excluding carboxylic acids is 2. The van der Waals surface area contributed by atoms with Crippen LogP contribution in [-0.4, -0.2) is 26.0 Å². The molecule has 4 nitrogen and oxygen atoms in total. The van der Waals surface area contributed by atoms with E-state index in [1.54, 1.807) is 18.2 Å². The molecule has 1 aromatic rings. The number of halogens is 1. The summed E-state index contributed by atoms with van der Waals surface area (Å²) in [4.78, 5) is 21.2. The van der Waals surface area contributed by atoms with Crippen molar-refractivity contribution in [3.8, 4) is 5.75 Å². The molecule has 1 rings (SSSR count). The molecule has 0 N–H and O–H groups in total. The van der Waals surface area contributed by atoms with Crippen molar-refractivity contribution in [1.82, 2.24) is 0 Å². The second-order valence-corrected chi connectivity index (χ2v) is 4.41. The Balaban J connectivity index is 2.75. The molecule has 0 heterocycles. The minimum absolute atomic E-state index is 0.124. The number of alkyl halides is 1. The lowest BCUT2D eigenvalue weighted by Crippen LogP contribution is -2.12. The number of methoxy groups -OCH3 is 1. The molecule has 0 aliphatic carbocycles. The molecule has 1 unspecified atom stereocenters. The maximum Gasteiger partial charge on any atom is 0.343 e. The lowest BCUT2D eigenvalue weighted by Gasteiger charge is -2.10. The zero-order chi connectivity index (χ0) is 12.8. The van der Waals surface area contributed by atoms with Crippen LogP contribution in [0.4, 0.5) is 0 Å². The van der Waals surface area contributed by atoms with Crippen LogP contribution in [0.3, 0.4) is 0 Å². The summed E-state index contributed by atoms with van der Waals surface area (Å²) in [7, 11) is 1.31. The third-order valence-corrected chi connectivity index (χ3v) is 2.95. The predicted molar refractivity (Wildman–Crippen MR) is 66.4 cm³/mol. The Morgan fingerprint density at radius 3 is 2.76 bits per heavy atom. The van der Waals surface area contributed by atoms with Crippen LogP contribution in [0.1, 0.15) is 16.0 Å². The summed E-state index contributed by atoms with van der Waals surface area (Å²) in [6, 6.07) is 5.27. The smallest absolute Gasteiger partial charge is 0.343 e. The predicted octanol–water partition coefficient (Wildman–Crippen LogP) is 2.18.